The Kier molecular flexibility index (Phi) is 4.30. The van der Waals surface area contributed by atoms with E-state index in [9.17, 15) is 13.6 Å². The van der Waals surface area contributed by atoms with Crippen molar-refractivity contribution in [1.29, 1.82) is 0 Å². The molecule has 0 saturated carbocycles. The van der Waals surface area contributed by atoms with E-state index < -0.39 is 5.82 Å². The Hall–Kier alpha value is -2.43. The summed E-state index contributed by atoms with van der Waals surface area (Å²) < 4.78 is 26.0. The number of halogens is 2. The molecule has 2 rings (SSSR count). The summed E-state index contributed by atoms with van der Waals surface area (Å²) in [5.74, 6) is -1.12. The molecular formula is C15H14F2N2O. The van der Waals surface area contributed by atoms with Crippen molar-refractivity contribution in [3.63, 3.8) is 0 Å². The second-order valence-corrected chi connectivity index (χ2v) is 4.37. The minimum Gasteiger partial charge on any atom is -0.376 e. The van der Waals surface area contributed by atoms with Crippen LogP contribution in [0.4, 0.5) is 20.2 Å². The molecule has 0 atom stereocenters. The Balaban J connectivity index is 1.94. The summed E-state index contributed by atoms with van der Waals surface area (Å²) in [6.07, 6.45) is 0. The van der Waals surface area contributed by atoms with Gasteiger partial charge in [-0.15, -0.1) is 0 Å². The highest BCUT2D eigenvalue weighted by Gasteiger charge is 2.06. The van der Waals surface area contributed by atoms with Crippen molar-refractivity contribution < 1.29 is 13.6 Å². The molecule has 0 heterocycles. The topological polar surface area (TPSA) is 41.1 Å². The third kappa shape index (κ3) is 3.78. The van der Waals surface area contributed by atoms with Crippen LogP contribution in [0.1, 0.15) is 5.56 Å². The predicted octanol–water partition coefficient (Wildman–Crippen LogP) is 3.32. The van der Waals surface area contributed by atoms with E-state index in [0.29, 0.717) is 11.4 Å². The molecule has 2 aromatic rings. The van der Waals surface area contributed by atoms with Crippen LogP contribution in [0.25, 0.3) is 0 Å². The maximum atomic E-state index is 13.1. The molecule has 0 saturated heterocycles. The smallest absolute Gasteiger partial charge is 0.243 e. The molecule has 1 amide bonds. The van der Waals surface area contributed by atoms with Gasteiger partial charge < -0.3 is 10.6 Å². The molecule has 0 radical (unpaired) electrons. The quantitative estimate of drug-likeness (QED) is 0.899. The van der Waals surface area contributed by atoms with Gasteiger partial charge in [0.1, 0.15) is 11.6 Å². The second kappa shape index (κ2) is 6.14. The molecule has 104 valence electrons. The molecular weight excluding hydrogens is 262 g/mol. The molecule has 0 aliphatic carbocycles. The Labute approximate surface area is 115 Å². The molecule has 2 aromatic carbocycles. The van der Waals surface area contributed by atoms with E-state index in [4.69, 9.17) is 0 Å². The van der Waals surface area contributed by atoms with Gasteiger partial charge in [-0.1, -0.05) is 12.1 Å². The van der Waals surface area contributed by atoms with Gasteiger partial charge in [-0.25, -0.2) is 8.78 Å². The van der Waals surface area contributed by atoms with E-state index in [1.54, 1.807) is 25.1 Å². The van der Waals surface area contributed by atoms with Gasteiger partial charge in [0, 0.05) is 11.4 Å². The number of amides is 1. The average molecular weight is 276 g/mol. The Bertz CT molecular complexity index is 629. The number of carbonyl (C=O) groups excluding carboxylic acids is 1. The van der Waals surface area contributed by atoms with E-state index in [1.807, 2.05) is 0 Å². The molecule has 0 unspecified atom stereocenters. The van der Waals surface area contributed by atoms with Gasteiger partial charge in [-0.05, 0) is 42.8 Å². The van der Waals surface area contributed by atoms with Crippen LogP contribution in [0.3, 0.4) is 0 Å². The first-order valence-electron chi connectivity index (χ1n) is 6.10. The highest BCUT2D eigenvalue weighted by molar-refractivity contribution is 5.94. The molecule has 0 fully saturated rings. The number of nitrogens with one attached hydrogen (secondary N) is 2. The molecule has 0 aliphatic heterocycles. The van der Waals surface area contributed by atoms with Gasteiger partial charge in [0.15, 0.2) is 0 Å². The number of carbonyl (C=O) groups is 1. The van der Waals surface area contributed by atoms with Crippen molar-refractivity contribution in [3.05, 3.63) is 59.7 Å². The maximum absolute atomic E-state index is 13.1. The first-order chi connectivity index (χ1) is 9.54. The van der Waals surface area contributed by atoms with Crippen LogP contribution >= 0.6 is 0 Å². The Morgan fingerprint density at radius 1 is 1.10 bits per heavy atom. The van der Waals surface area contributed by atoms with Crippen molar-refractivity contribution in [2.45, 2.75) is 6.92 Å². The van der Waals surface area contributed by atoms with E-state index in [-0.39, 0.29) is 18.3 Å². The van der Waals surface area contributed by atoms with Crippen LogP contribution < -0.4 is 10.6 Å². The molecule has 20 heavy (non-hydrogen) atoms. The zero-order chi connectivity index (χ0) is 14.5. The number of hydrogen-bond donors (Lipinski definition) is 2. The van der Waals surface area contributed by atoms with Crippen LogP contribution in [0.5, 0.6) is 0 Å². The normalized spacial score (nSPS) is 10.2. The summed E-state index contributed by atoms with van der Waals surface area (Å²) in [6.45, 7) is 1.74. The van der Waals surface area contributed by atoms with Gasteiger partial charge in [0.25, 0.3) is 0 Å². The molecule has 0 spiro atoms. The Morgan fingerprint density at radius 2 is 1.85 bits per heavy atom. The second-order valence-electron chi connectivity index (χ2n) is 4.37. The SMILES string of the molecule is Cc1ccc(F)cc1NC(=O)CNc1cccc(F)c1. The summed E-state index contributed by atoms with van der Waals surface area (Å²) in [5, 5.41) is 5.39. The number of hydrogen-bond acceptors (Lipinski definition) is 2. The predicted molar refractivity (Wildman–Crippen MR) is 74.7 cm³/mol. The van der Waals surface area contributed by atoms with E-state index in [2.05, 4.69) is 10.6 Å². The zero-order valence-electron chi connectivity index (χ0n) is 10.9. The summed E-state index contributed by atoms with van der Waals surface area (Å²) in [4.78, 5) is 11.7. The number of benzene rings is 2. The third-order valence-corrected chi connectivity index (χ3v) is 2.75. The Morgan fingerprint density at radius 3 is 2.60 bits per heavy atom. The lowest BCUT2D eigenvalue weighted by Crippen LogP contribution is -2.22. The lowest BCUT2D eigenvalue weighted by Gasteiger charge is -2.10. The van der Waals surface area contributed by atoms with Crippen molar-refractivity contribution in [2.24, 2.45) is 0 Å². The minimum absolute atomic E-state index is 0.0284. The van der Waals surface area contributed by atoms with Gasteiger partial charge in [0.2, 0.25) is 5.91 Å². The van der Waals surface area contributed by atoms with E-state index >= 15 is 0 Å². The van der Waals surface area contributed by atoms with Gasteiger partial charge >= 0.3 is 0 Å². The van der Waals surface area contributed by atoms with Crippen LogP contribution in [-0.2, 0) is 4.79 Å². The number of anilines is 2. The monoisotopic (exact) mass is 276 g/mol. The van der Waals surface area contributed by atoms with Crippen molar-refractivity contribution in [1.82, 2.24) is 0 Å². The molecule has 0 aliphatic rings. The third-order valence-electron chi connectivity index (χ3n) is 2.75. The van der Waals surface area contributed by atoms with Gasteiger partial charge in [-0.3, -0.25) is 4.79 Å². The van der Waals surface area contributed by atoms with E-state index in [1.165, 1.54) is 24.3 Å². The summed E-state index contributed by atoms with van der Waals surface area (Å²) >= 11 is 0. The maximum Gasteiger partial charge on any atom is 0.243 e. The first kappa shape index (κ1) is 14.0. The highest BCUT2D eigenvalue weighted by atomic mass is 19.1. The molecule has 5 heteroatoms. The summed E-state index contributed by atoms with van der Waals surface area (Å²) in [7, 11) is 0. The summed E-state index contributed by atoms with van der Waals surface area (Å²) in [6, 6.07) is 9.99. The van der Waals surface area contributed by atoms with Crippen LogP contribution in [0.15, 0.2) is 42.5 Å². The standard InChI is InChI=1S/C15H14F2N2O/c1-10-5-6-12(17)8-14(10)19-15(20)9-18-13-4-2-3-11(16)7-13/h2-8,18H,9H2,1H3,(H,19,20). The van der Waals surface area contributed by atoms with Crippen LogP contribution in [0.2, 0.25) is 0 Å². The fourth-order valence-electron chi connectivity index (χ4n) is 1.70. The lowest BCUT2D eigenvalue weighted by molar-refractivity contribution is -0.114. The lowest BCUT2D eigenvalue weighted by atomic mass is 10.2. The van der Waals surface area contributed by atoms with Crippen LogP contribution in [-0.4, -0.2) is 12.5 Å². The fraction of sp³-hybridized carbons (Fsp3) is 0.133. The fourth-order valence-corrected chi connectivity index (χ4v) is 1.70. The van der Waals surface area contributed by atoms with Gasteiger partial charge in [-0.2, -0.15) is 0 Å². The molecule has 3 nitrogen and oxygen atoms in total. The van der Waals surface area contributed by atoms with Crippen molar-refractivity contribution in [3.8, 4) is 0 Å². The molecule has 2 N–H and O–H groups in total. The minimum atomic E-state index is -0.413. The first-order valence-corrected chi connectivity index (χ1v) is 6.10. The molecule has 0 aromatic heterocycles. The van der Waals surface area contributed by atoms with Crippen LogP contribution in [0, 0.1) is 18.6 Å². The average Bonchev–Trinajstić information content (AvgIpc) is 2.41. The highest BCUT2D eigenvalue weighted by Crippen LogP contribution is 2.16. The summed E-state index contributed by atoms with van der Waals surface area (Å²) in [5.41, 5.74) is 1.71. The molecule has 0 bridgehead atoms. The van der Waals surface area contributed by atoms with Crippen molar-refractivity contribution in [2.75, 3.05) is 17.2 Å². The number of rotatable bonds is 4. The zero-order valence-corrected chi connectivity index (χ0v) is 10.9. The largest absolute Gasteiger partial charge is 0.376 e. The number of aryl methyl sites for hydroxylation is 1. The van der Waals surface area contributed by atoms with Crippen molar-refractivity contribution >= 4 is 17.3 Å². The van der Waals surface area contributed by atoms with Gasteiger partial charge in [0.05, 0.1) is 6.54 Å². The van der Waals surface area contributed by atoms with E-state index in [0.717, 1.165) is 5.56 Å².